The van der Waals surface area contributed by atoms with Crippen LogP contribution in [0.5, 0.6) is 0 Å². The highest BCUT2D eigenvalue weighted by molar-refractivity contribution is 9.10. The summed E-state index contributed by atoms with van der Waals surface area (Å²) in [7, 11) is 0. The number of hydrogen-bond donors (Lipinski definition) is 2. The van der Waals surface area contributed by atoms with E-state index in [1.54, 1.807) is 12.3 Å². The van der Waals surface area contributed by atoms with Gasteiger partial charge in [-0.2, -0.15) is 0 Å². The Balaban J connectivity index is 2.35. The monoisotopic (exact) mass is 256 g/mol. The standard InChI is InChI=1S/C10H13BrN2O/c1-2-3-4-5-12-10(14)9-6-8(11)7-13-9/h2-3,6-7,13H,4-5H2,1H3,(H,12,14)/b3-2+. The van der Waals surface area contributed by atoms with Gasteiger partial charge in [0.25, 0.3) is 5.91 Å². The molecule has 2 N–H and O–H groups in total. The Kier molecular flexibility index (Phi) is 4.46. The van der Waals surface area contributed by atoms with Crippen LogP contribution >= 0.6 is 15.9 Å². The van der Waals surface area contributed by atoms with Gasteiger partial charge in [0, 0.05) is 17.2 Å². The normalized spacial score (nSPS) is 10.7. The van der Waals surface area contributed by atoms with E-state index in [-0.39, 0.29) is 5.91 Å². The molecule has 0 fully saturated rings. The number of allylic oxidation sites excluding steroid dienone is 1. The van der Waals surface area contributed by atoms with E-state index in [0.717, 1.165) is 10.9 Å². The molecule has 0 aromatic carbocycles. The van der Waals surface area contributed by atoms with Crippen molar-refractivity contribution in [3.63, 3.8) is 0 Å². The van der Waals surface area contributed by atoms with Crippen LogP contribution in [0.3, 0.4) is 0 Å². The van der Waals surface area contributed by atoms with Crippen LogP contribution in [-0.4, -0.2) is 17.4 Å². The molecule has 4 heteroatoms. The second-order valence-corrected chi connectivity index (χ2v) is 3.76. The fourth-order valence-corrected chi connectivity index (χ4v) is 1.37. The molecule has 0 saturated carbocycles. The molecule has 1 rings (SSSR count). The Hall–Kier alpha value is -1.03. The number of nitrogens with one attached hydrogen (secondary N) is 2. The lowest BCUT2D eigenvalue weighted by Crippen LogP contribution is -2.24. The predicted octanol–water partition coefficient (Wildman–Crippen LogP) is 2.47. The number of H-pyrrole nitrogens is 1. The molecule has 0 bridgehead atoms. The average Bonchev–Trinajstić information content (AvgIpc) is 2.59. The van der Waals surface area contributed by atoms with Gasteiger partial charge in [0.2, 0.25) is 0 Å². The molecule has 0 saturated heterocycles. The maximum Gasteiger partial charge on any atom is 0.267 e. The van der Waals surface area contributed by atoms with Crippen molar-refractivity contribution in [2.24, 2.45) is 0 Å². The van der Waals surface area contributed by atoms with Gasteiger partial charge in [0.15, 0.2) is 0 Å². The summed E-state index contributed by atoms with van der Waals surface area (Å²) in [6.07, 6.45) is 6.59. The highest BCUT2D eigenvalue weighted by Crippen LogP contribution is 2.10. The summed E-state index contributed by atoms with van der Waals surface area (Å²) >= 11 is 3.27. The van der Waals surface area contributed by atoms with Crippen LogP contribution in [0.4, 0.5) is 0 Å². The summed E-state index contributed by atoms with van der Waals surface area (Å²) in [4.78, 5) is 14.3. The summed E-state index contributed by atoms with van der Waals surface area (Å²) in [6.45, 7) is 2.63. The van der Waals surface area contributed by atoms with Gasteiger partial charge >= 0.3 is 0 Å². The molecule has 76 valence electrons. The van der Waals surface area contributed by atoms with Gasteiger partial charge in [0.05, 0.1) is 0 Å². The smallest absolute Gasteiger partial charge is 0.267 e. The molecule has 0 atom stereocenters. The second-order valence-electron chi connectivity index (χ2n) is 2.85. The van der Waals surface area contributed by atoms with Crippen LogP contribution in [0.2, 0.25) is 0 Å². The molecule has 3 nitrogen and oxygen atoms in total. The Labute approximate surface area is 91.7 Å². The molecule has 1 amide bonds. The Morgan fingerprint density at radius 3 is 3.07 bits per heavy atom. The number of halogens is 1. The van der Waals surface area contributed by atoms with Crippen molar-refractivity contribution in [1.29, 1.82) is 0 Å². The third kappa shape index (κ3) is 3.38. The maximum absolute atomic E-state index is 11.4. The first-order valence-corrected chi connectivity index (χ1v) is 5.26. The van der Waals surface area contributed by atoms with Gasteiger partial charge in [0.1, 0.15) is 5.69 Å². The molecular formula is C10H13BrN2O. The van der Waals surface area contributed by atoms with Gasteiger partial charge in [-0.25, -0.2) is 0 Å². The van der Waals surface area contributed by atoms with Crippen molar-refractivity contribution in [1.82, 2.24) is 10.3 Å². The van der Waals surface area contributed by atoms with Gasteiger partial charge in [-0.3, -0.25) is 4.79 Å². The summed E-state index contributed by atoms with van der Waals surface area (Å²) in [5, 5.41) is 2.80. The number of rotatable bonds is 4. The quantitative estimate of drug-likeness (QED) is 0.631. The van der Waals surface area contributed by atoms with Crippen LogP contribution in [0.15, 0.2) is 28.9 Å². The van der Waals surface area contributed by atoms with Gasteiger partial charge in [-0.15, -0.1) is 0 Å². The highest BCUT2D eigenvalue weighted by atomic mass is 79.9. The van der Waals surface area contributed by atoms with Crippen LogP contribution in [0.25, 0.3) is 0 Å². The Morgan fingerprint density at radius 2 is 2.50 bits per heavy atom. The number of carbonyl (C=O) groups is 1. The van der Waals surface area contributed by atoms with E-state index in [9.17, 15) is 4.79 Å². The average molecular weight is 257 g/mol. The van der Waals surface area contributed by atoms with Crippen molar-refractivity contribution in [3.8, 4) is 0 Å². The van der Waals surface area contributed by atoms with E-state index < -0.39 is 0 Å². The van der Waals surface area contributed by atoms with Gasteiger partial charge < -0.3 is 10.3 Å². The molecule has 1 aromatic heterocycles. The first-order valence-electron chi connectivity index (χ1n) is 4.47. The van der Waals surface area contributed by atoms with Crippen LogP contribution in [0, 0.1) is 0 Å². The lowest BCUT2D eigenvalue weighted by atomic mass is 10.3. The lowest BCUT2D eigenvalue weighted by Gasteiger charge is -2.00. The van der Waals surface area contributed by atoms with Gasteiger partial charge in [-0.1, -0.05) is 12.2 Å². The SMILES string of the molecule is C/C=C/CCNC(=O)c1cc(Br)c[nH]1. The van der Waals surface area contributed by atoms with Gasteiger partial charge in [-0.05, 0) is 35.3 Å². The topological polar surface area (TPSA) is 44.9 Å². The van der Waals surface area contributed by atoms with E-state index in [0.29, 0.717) is 12.2 Å². The molecular weight excluding hydrogens is 244 g/mol. The maximum atomic E-state index is 11.4. The van der Waals surface area contributed by atoms with Crippen molar-refractivity contribution in [2.45, 2.75) is 13.3 Å². The molecule has 0 aliphatic carbocycles. The highest BCUT2D eigenvalue weighted by Gasteiger charge is 2.05. The van der Waals surface area contributed by atoms with Crippen LogP contribution < -0.4 is 5.32 Å². The molecule has 14 heavy (non-hydrogen) atoms. The van der Waals surface area contributed by atoms with Crippen molar-refractivity contribution in [3.05, 3.63) is 34.6 Å². The van der Waals surface area contributed by atoms with E-state index in [4.69, 9.17) is 0 Å². The molecule has 0 aliphatic rings. The summed E-state index contributed by atoms with van der Waals surface area (Å²) in [6, 6.07) is 1.75. The largest absolute Gasteiger partial charge is 0.356 e. The summed E-state index contributed by atoms with van der Waals surface area (Å²) in [5.41, 5.74) is 0.581. The predicted molar refractivity (Wildman–Crippen MR) is 60.3 cm³/mol. The van der Waals surface area contributed by atoms with Crippen molar-refractivity contribution in [2.75, 3.05) is 6.54 Å². The minimum atomic E-state index is -0.0693. The first kappa shape index (κ1) is 11.0. The number of aromatic amines is 1. The molecule has 0 unspecified atom stereocenters. The molecule has 1 heterocycles. The molecule has 0 radical (unpaired) electrons. The lowest BCUT2D eigenvalue weighted by molar-refractivity contribution is 0.0950. The third-order valence-electron chi connectivity index (χ3n) is 1.72. The Bertz CT molecular complexity index is 331. The van der Waals surface area contributed by atoms with E-state index in [2.05, 4.69) is 26.2 Å². The number of amides is 1. The summed E-state index contributed by atoms with van der Waals surface area (Å²) in [5.74, 6) is -0.0693. The fourth-order valence-electron chi connectivity index (χ4n) is 1.03. The van der Waals surface area contributed by atoms with Crippen molar-refractivity contribution < 1.29 is 4.79 Å². The zero-order valence-electron chi connectivity index (χ0n) is 8.01. The van der Waals surface area contributed by atoms with Crippen LogP contribution in [-0.2, 0) is 0 Å². The summed E-state index contributed by atoms with van der Waals surface area (Å²) < 4.78 is 0.885. The molecule has 0 aliphatic heterocycles. The van der Waals surface area contributed by atoms with E-state index in [1.807, 2.05) is 19.1 Å². The third-order valence-corrected chi connectivity index (χ3v) is 2.18. The minimum Gasteiger partial charge on any atom is -0.356 e. The number of hydrogen-bond acceptors (Lipinski definition) is 1. The molecule has 1 aromatic rings. The zero-order valence-corrected chi connectivity index (χ0v) is 9.60. The second kappa shape index (κ2) is 5.65. The van der Waals surface area contributed by atoms with E-state index in [1.165, 1.54) is 0 Å². The minimum absolute atomic E-state index is 0.0693. The van der Waals surface area contributed by atoms with Crippen molar-refractivity contribution >= 4 is 21.8 Å². The fraction of sp³-hybridized carbons (Fsp3) is 0.300. The number of aromatic nitrogens is 1. The number of carbonyl (C=O) groups excluding carboxylic acids is 1. The Morgan fingerprint density at radius 1 is 1.71 bits per heavy atom. The van der Waals surface area contributed by atoms with E-state index >= 15 is 0 Å². The molecule has 0 spiro atoms. The zero-order chi connectivity index (χ0) is 10.4. The van der Waals surface area contributed by atoms with Crippen LogP contribution in [0.1, 0.15) is 23.8 Å². The first-order chi connectivity index (χ1) is 6.74.